The predicted octanol–water partition coefficient (Wildman–Crippen LogP) is 3.56. The van der Waals surface area contributed by atoms with Gasteiger partial charge in [0.15, 0.2) is 0 Å². The third kappa shape index (κ3) is 3.62. The number of aryl methyl sites for hydroxylation is 1. The molecule has 0 aliphatic carbocycles. The van der Waals surface area contributed by atoms with Crippen LogP contribution in [0, 0.1) is 18.3 Å². The van der Waals surface area contributed by atoms with Crippen molar-refractivity contribution in [2.24, 2.45) is 0 Å². The van der Waals surface area contributed by atoms with Gasteiger partial charge in [-0.05, 0) is 31.5 Å². The molecule has 1 atom stereocenters. The first kappa shape index (κ1) is 15.1. The van der Waals surface area contributed by atoms with E-state index in [4.69, 9.17) is 5.26 Å². The average molecular weight is 280 g/mol. The Kier molecular flexibility index (Phi) is 4.62. The lowest BCUT2D eigenvalue weighted by atomic mass is 10.0. The van der Waals surface area contributed by atoms with Crippen molar-refractivity contribution < 1.29 is 5.11 Å². The second-order valence-corrected chi connectivity index (χ2v) is 5.40. The number of hydrogen-bond donors (Lipinski definition) is 1. The van der Waals surface area contributed by atoms with Crippen molar-refractivity contribution >= 4 is 5.69 Å². The lowest BCUT2D eigenvalue weighted by molar-refractivity contribution is 0.199. The molecule has 0 unspecified atom stereocenters. The first-order valence-corrected chi connectivity index (χ1v) is 7.00. The third-order valence-corrected chi connectivity index (χ3v) is 3.56. The molecule has 3 nitrogen and oxygen atoms in total. The summed E-state index contributed by atoms with van der Waals surface area (Å²) in [5.74, 6) is 0. The molecule has 0 bridgehead atoms. The molecule has 0 saturated heterocycles. The number of hydrogen-bond acceptors (Lipinski definition) is 3. The van der Waals surface area contributed by atoms with Crippen molar-refractivity contribution in [1.82, 2.24) is 0 Å². The topological polar surface area (TPSA) is 47.3 Å². The quantitative estimate of drug-likeness (QED) is 0.931. The molecule has 0 radical (unpaired) electrons. The van der Waals surface area contributed by atoms with Gasteiger partial charge < -0.3 is 10.0 Å². The second kappa shape index (κ2) is 6.43. The van der Waals surface area contributed by atoms with Crippen molar-refractivity contribution in [2.75, 3.05) is 11.9 Å². The van der Waals surface area contributed by atoms with Crippen LogP contribution in [0.1, 0.15) is 35.3 Å². The van der Waals surface area contributed by atoms with Crippen LogP contribution in [-0.4, -0.2) is 12.2 Å². The van der Waals surface area contributed by atoms with E-state index in [0.29, 0.717) is 5.56 Å². The first-order valence-electron chi connectivity index (χ1n) is 7.00. The summed E-state index contributed by atoms with van der Waals surface area (Å²) in [4.78, 5) is 2.06. The summed E-state index contributed by atoms with van der Waals surface area (Å²) in [6.45, 7) is 4.54. The van der Waals surface area contributed by atoms with Gasteiger partial charge in [0.05, 0.1) is 17.7 Å². The summed E-state index contributed by atoms with van der Waals surface area (Å²) in [7, 11) is 1.97. The molecule has 21 heavy (non-hydrogen) atoms. The largest absolute Gasteiger partial charge is 0.389 e. The van der Waals surface area contributed by atoms with Gasteiger partial charge in [-0.3, -0.25) is 0 Å². The lowest BCUT2D eigenvalue weighted by Gasteiger charge is -2.24. The number of benzene rings is 2. The van der Waals surface area contributed by atoms with Gasteiger partial charge in [0.25, 0.3) is 0 Å². The zero-order valence-electron chi connectivity index (χ0n) is 12.7. The fourth-order valence-electron chi connectivity index (χ4n) is 2.35. The second-order valence-electron chi connectivity index (χ2n) is 5.40. The number of aliphatic hydroxyl groups excluding tert-OH is 1. The van der Waals surface area contributed by atoms with Gasteiger partial charge in [-0.15, -0.1) is 0 Å². The zero-order valence-corrected chi connectivity index (χ0v) is 12.7. The summed E-state index contributed by atoms with van der Waals surface area (Å²) in [5.41, 5.74) is 4.76. The minimum Gasteiger partial charge on any atom is -0.389 e. The summed E-state index contributed by atoms with van der Waals surface area (Å²) < 4.78 is 0. The molecule has 108 valence electrons. The van der Waals surface area contributed by atoms with E-state index < -0.39 is 6.10 Å². The van der Waals surface area contributed by atoms with Crippen molar-refractivity contribution in [2.45, 2.75) is 26.5 Å². The Balaban J connectivity index is 2.31. The molecule has 0 saturated carbocycles. The van der Waals surface area contributed by atoms with Crippen LogP contribution in [-0.2, 0) is 6.54 Å². The molecule has 1 N–H and O–H groups in total. The summed E-state index contributed by atoms with van der Waals surface area (Å²) in [6, 6.07) is 15.9. The number of rotatable bonds is 4. The maximum absolute atomic E-state index is 9.91. The van der Waals surface area contributed by atoms with E-state index in [1.165, 1.54) is 11.1 Å². The van der Waals surface area contributed by atoms with E-state index in [0.717, 1.165) is 17.8 Å². The van der Waals surface area contributed by atoms with Crippen molar-refractivity contribution in [3.05, 3.63) is 64.7 Å². The van der Waals surface area contributed by atoms with Gasteiger partial charge in [-0.1, -0.05) is 35.9 Å². The molecule has 0 aromatic heterocycles. The van der Waals surface area contributed by atoms with E-state index in [-0.39, 0.29) is 0 Å². The zero-order chi connectivity index (χ0) is 15.4. The Morgan fingerprint density at radius 1 is 1.19 bits per heavy atom. The molecular formula is C18H20N2O. The van der Waals surface area contributed by atoms with Gasteiger partial charge in [0, 0.05) is 24.8 Å². The van der Waals surface area contributed by atoms with Gasteiger partial charge in [-0.25, -0.2) is 0 Å². The Labute approximate surface area is 126 Å². The minimum atomic E-state index is -0.562. The molecular weight excluding hydrogens is 260 g/mol. The predicted molar refractivity (Wildman–Crippen MR) is 85.1 cm³/mol. The van der Waals surface area contributed by atoms with Crippen molar-refractivity contribution in [1.29, 1.82) is 5.26 Å². The van der Waals surface area contributed by atoms with Crippen molar-refractivity contribution in [3.63, 3.8) is 0 Å². The monoisotopic (exact) mass is 280 g/mol. The standard InChI is InChI=1S/C18H20N2O/c1-13-4-6-15(7-5-13)12-20(3)18-10-16(11-19)8-9-17(18)14(2)21/h4-10,14,21H,12H2,1-3H3/t14-/m1/s1. The smallest absolute Gasteiger partial charge is 0.0992 e. The van der Waals surface area contributed by atoms with E-state index in [1.807, 2.05) is 19.2 Å². The van der Waals surface area contributed by atoms with Gasteiger partial charge in [0.1, 0.15) is 0 Å². The number of aliphatic hydroxyl groups is 1. The molecule has 2 rings (SSSR count). The summed E-state index contributed by atoms with van der Waals surface area (Å²) in [6.07, 6.45) is -0.562. The van der Waals surface area contributed by atoms with Gasteiger partial charge in [-0.2, -0.15) is 5.26 Å². The molecule has 2 aromatic rings. The van der Waals surface area contributed by atoms with Gasteiger partial charge in [0.2, 0.25) is 0 Å². The van der Waals surface area contributed by atoms with Crippen LogP contribution in [0.25, 0.3) is 0 Å². The lowest BCUT2D eigenvalue weighted by Crippen LogP contribution is -2.18. The molecule has 0 amide bonds. The highest BCUT2D eigenvalue weighted by Gasteiger charge is 2.13. The third-order valence-electron chi connectivity index (χ3n) is 3.56. The number of nitrogens with zero attached hydrogens (tertiary/aromatic N) is 2. The fraction of sp³-hybridized carbons (Fsp3) is 0.278. The molecule has 0 aliphatic heterocycles. The van der Waals surface area contributed by atoms with Crippen LogP contribution < -0.4 is 4.90 Å². The molecule has 3 heteroatoms. The number of nitriles is 1. The highest BCUT2D eigenvalue weighted by molar-refractivity contribution is 5.58. The summed E-state index contributed by atoms with van der Waals surface area (Å²) in [5, 5.41) is 19.0. The van der Waals surface area contributed by atoms with Crippen LogP contribution in [0.2, 0.25) is 0 Å². The van der Waals surface area contributed by atoms with E-state index in [1.54, 1.807) is 13.0 Å². The van der Waals surface area contributed by atoms with Crippen LogP contribution in [0.3, 0.4) is 0 Å². The van der Waals surface area contributed by atoms with Crippen molar-refractivity contribution in [3.8, 4) is 6.07 Å². The first-order chi connectivity index (χ1) is 10.0. The normalized spacial score (nSPS) is 11.8. The Morgan fingerprint density at radius 2 is 1.86 bits per heavy atom. The molecule has 2 aromatic carbocycles. The average Bonchev–Trinajstić information content (AvgIpc) is 2.48. The van der Waals surface area contributed by atoms with Crippen LogP contribution in [0.15, 0.2) is 42.5 Å². The van der Waals surface area contributed by atoms with E-state index in [9.17, 15) is 5.11 Å². The van der Waals surface area contributed by atoms with Gasteiger partial charge >= 0.3 is 0 Å². The highest BCUT2D eigenvalue weighted by atomic mass is 16.3. The Bertz CT molecular complexity index is 654. The maximum Gasteiger partial charge on any atom is 0.0992 e. The number of anilines is 1. The minimum absolute atomic E-state index is 0.562. The maximum atomic E-state index is 9.91. The van der Waals surface area contributed by atoms with E-state index in [2.05, 4.69) is 42.2 Å². The van der Waals surface area contributed by atoms with Crippen LogP contribution in [0.5, 0.6) is 0 Å². The molecule has 0 aliphatic rings. The van der Waals surface area contributed by atoms with Crippen LogP contribution in [0.4, 0.5) is 5.69 Å². The molecule has 0 heterocycles. The Hall–Kier alpha value is -2.31. The molecule has 0 spiro atoms. The fourth-order valence-corrected chi connectivity index (χ4v) is 2.35. The Morgan fingerprint density at radius 3 is 2.43 bits per heavy atom. The summed E-state index contributed by atoms with van der Waals surface area (Å²) >= 11 is 0. The van der Waals surface area contributed by atoms with E-state index >= 15 is 0 Å². The SMILES string of the molecule is Cc1ccc(CN(C)c2cc(C#N)ccc2[C@@H](C)O)cc1. The molecule has 0 fully saturated rings. The van der Waals surface area contributed by atoms with Crippen LogP contribution >= 0.6 is 0 Å². The highest BCUT2D eigenvalue weighted by Crippen LogP contribution is 2.28.